The number of hydrogen-bond acceptors (Lipinski definition) is 3. The Morgan fingerprint density at radius 1 is 1.44 bits per heavy atom. The SMILES string of the molecule is CN(CC(C)(C)O)C1CCN(C2CC2)C1=O. The molecular weight excluding hydrogens is 204 g/mol. The highest BCUT2D eigenvalue weighted by Crippen LogP contribution is 2.31. The minimum atomic E-state index is -0.734. The van der Waals surface area contributed by atoms with Crippen molar-refractivity contribution in [1.29, 1.82) is 0 Å². The Morgan fingerprint density at radius 2 is 2.06 bits per heavy atom. The van der Waals surface area contributed by atoms with Crippen LogP contribution in [0.4, 0.5) is 0 Å². The van der Waals surface area contributed by atoms with Crippen LogP contribution in [-0.2, 0) is 4.79 Å². The van der Waals surface area contributed by atoms with E-state index < -0.39 is 5.60 Å². The van der Waals surface area contributed by atoms with Crippen LogP contribution >= 0.6 is 0 Å². The molecule has 0 bridgehead atoms. The first-order chi connectivity index (χ1) is 7.38. The lowest BCUT2D eigenvalue weighted by Gasteiger charge is -2.29. The highest BCUT2D eigenvalue weighted by atomic mass is 16.3. The van der Waals surface area contributed by atoms with Crippen molar-refractivity contribution in [3.63, 3.8) is 0 Å². The van der Waals surface area contributed by atoms with Crippen LogP contribution in [0.2, 0.25) is 0 Å². The highest BCUT2D eigenvalue weighted by Gasteiger charge is 2.42. The maximum Gasteiger partial charge on any atom is 0.240 e. The van der Waals surface area contributed by atoms with Crippen molar-refractivity contribution in [2.24, 2.45) is 0 Å². The monoisotopic (exact) mass is 226 g/mol. The molecule has 2 aliphatic rings. The fourth-order valence-electron chi connectivity index (χ4n) is 2.56. The number of aliphatic hydroxyl groups is 1. The summed E-state index contributed by atoms with van der Waals surface area (Å²) >= 11 is 0. The Kier molecular flexibility index (Phi) is 2.97. The predicted molar refractivity (Wildman–Crippen MR) is 62.1 cm³/mol. The Bertz CT molecular complexity index is 281. The second kappa shape index (κ2) is 4.00. The third-order valence-corrected chi connectivity index (χ3v) is 3.37. The summed E-state index contributed by atoms with van der Waals surface area (Å²) in [7, 11) is 1.93. The molecule has 0 aromatic heterocycles. The fraction of sp³-hybridized carbons (Fsp3) is 0.917. The van der Waals surface area contributed by atoms with Gasteiger partial charge in [-0.3, -0.25) is 9.69 Å². The third kappa shape index (κ3) is 2.55. The van der Waals surface area contributed by atoms with Gasteiger partial charge >= 0.3 is 0 Å². The molecule has 2 rings (SSSR count). The molecule has 1 saturated heterocycles. The molecule has 0 spiro atoms. The summed E-state index contributed by atoms with van der Waals surface area (Å²) in [5.41, 5.74) is -0.734. The van der Waals surface area contributed by atoms with Gasteiger partial charge in [-0.05, 0) is 40.2 Å². The molecule has 1 unspecified atom stereocenters. The van der Waals surface area contributed by atoms with Gasteiger partial charge in [0.15, 0.2) is 0 Å². The lowest BCUT2D eigenvalue weighted by Crippen LogP contribution is -2.46. The minimum Gasteiger partial charge on any atom is -0.389 e. The van der Waals surface area contributed by atoms with E-state index in [2.05, 4.69) is 0 Å². The minimum absolute atomic E-state index is 0.0213. The molecule has 1 amide bonds. The topological polar surface area (TPSA) is 43.8 Å². The van der Waals surface area contributed by atoms with Gasteiger partial charge in [-0.25, -0.2) is 0 Å². The van der Waals surface area contributed by atoms with E-state index in [4.69, 9.17) is 0 Å². The number of carbonyl (C=O) groups excluding carboxylic acids is 1. The summed E-state index contributed by atoms with van der Waals surface area (Å²) < 4.78 is 0. The number of carbonyl (C=O) groups is 1. The summed E-state index contributed by atoms with van der Waals surface area (Å²) in [6, 6.07) is 0.500. The maximum atomic E-state index is 12.1. The Hall–Kier alpha value is -0.610. The van der Waals surface area contributed by atoms with E-state index in [1.807, 2.05) is 16.8 Å². The van der Waals surface area contributed by atoms with E-state index in [9.17, 15) is 9.90 Å². The van der Waals surface area contributed by atoms with Crippen LogP contribution in [-0.4, -0.2) is 58.6 Å². The molecule has 4 nitrogen and oxygen atoms in total. The van der Waals surface area contributed by atoms with Crippen molar-refractivity contribution < 1.29 is 9.90 Å². The lowest BCUT2D eigenvalue weighted by atomic mass is 10.1. The molecule has 0 aromatic carbocycles. The Balaban J connectivity index is 1.92. The van der Waals surface area contributed by atoms with Gasteiger partial charge in [-0.1, -0.05) is 0 Å². The van der Waals surface area contributed by atoms with Crippen LogP contribution in [0, 0.1) is 0 Å². The van der Waals surface area contributed by atoms with Gasteiger partial charge in [-0.15, -0.1) is 0 Å². The number of likely N-dealkylation sites (N-methyl/N-ethyl adjacent to an activating group) is 1. The zero-order valence-corrected chi connectivity index (χ0v) is 10.4. The zero-order chi connectivity index (χ0) is 11.9. The third-order valence-electron chi connectivity index (χ3n) is 3.37. The van der Waals surface area contributed by atoms with Gasteiger partial charge in [-0.2, -0.15) is 0 Å². The molecule has 2 fully saturated rings. The van der Waals surface area contributed by atoms with E-state index in [-0.39, 0.29) is 11.9 Å². The number of rotatable bonds is 4. The first kappa shape index (κ1) is 11.9. The van der Waals surface area contributed by atoms with Crippen LogP contribution in [0.25, 0.3) is 0 Å². The standard InChI is InChI=1S/C12H22N2O2/c1-12(2,16)8-13(3)10-6-7-14(11(10)15)9-4-5-9/h9-10,16H,4-8H2,1-3H3. The molecular formula is C12H22N2O2. The van der Waals surface area contributed by atoms with Crippen molar-refractivity contribution in [3.05, 3.63) is 0 Å². The van der Waals surface area contributed by atoms with Crippen LogP contribution in [0.3, 0.4) is 0 Å². The first-order valence-corrected chi connectivity index (χ1v) is 6.11. The van der Waals surface area contributed by atoms with E-state index in [1.54, 1.807) is 13.8 Å². The number of hydrogen-bond donors (Lipinski definition) is 1. The molecule has 1 saturated carbocycles. The van der Waals surface area contributed by atoms with E-state index in [0.29, 0.717) is 12.6 Å². The molecule has 4 heteroatoms. The predicted octanol–water partition coefficient (Wildman–Crippen LogP) is 0.452. The molecule has 1 aliphatic carbocycles. The molecule has 0 radical (unpaired) electrons. The largest absolute Gasteiger partial charge is 0.389 e. The van der Waals surface area contributed by atoms with E-state index >= 15 is 0 Å². The molecule has 1 atom stereocenters. The average Bonchev–Trinajstić information content (AvgIpc) is 2.87. The zero-order valence-electron chi connectivity index (χ0n) is 10.4. The molecule has 1 heterocycles. The summed E-state index contributed by atoms with van der Waals surface area (Å²) in [6.07, 6.45) is 3.25. The number of amides is 1. The highest BCUT2D eigenvalue weighted by molar-refractivity contribution is 5.84. The fourth-order valence-corrected chi connectivity index (χ4v) is 2.56. The van der Waals surface area contributed by atoms with Crippen LogP contribution < -0.4 is 0 Å². The van der Waals surface area contributed by atoms with Crippen molar-refractivity contribution in [2.75, 3.05) is 20.1 Å². The average molecular weight is 226 g/mol. The number of likely N-dealkylation sites (tertiary alicyclic amines) is 1. The summed E-state index contributed by atoms with van der Waals surface area (Å²) in [6.45, 7) is 5.00. The van der Waals surface area contributed by atoms with Crippen molar-refractivity contribution in [3.8, 4) is 0 Å². The summed E-state index contributed by atoms with van der Waals surface area (Å²) in [4.78, 5) is 16.1. The van der Waals surface area contributed by atoms with Gasteiger partial charge in [0.25, 0.3) is 0 Å². The Morgan fingerprint density at radius 3 is 2.56 bits per heavy atom. The smallest absolute Gasteiger partial charge is 0.240 e. The first-order valence-electron chi connectivity index (χ1n) is 6.11. The maximum absolute atomic E-state index is 12.1. The van der Waals surface area contributed by atoms with Gasteiger partial charge in [0.2, 0.25) is 5.91 Å². The van der Waals surface area contributed by atoms with Crippen LogP contribution in [0.1, 0.15) is 33.1 Å². The van der Waals surface area contributed by atoms with Crippen LogP contribution in [0.5, 0.6) is 0 Å². The van der Waals surface area contributed by atoms with Gasteiger partial charge in [0.05, 0.1) is 11.6 Å². The molecule has 92 valence electrons. The second-order valence-corrected chi connectivity index (χ2v) is 5.79. The van der Waals surface area contributed by atoms with E-state index in [1.165, 1.54) is 12.8 Å². The summed E-state index contributed by atoms with van der Waals surface area (Å²) in [5, 5.41) is 9.76. The second-order valence-electron chi connectivity index (χ2n) is 5.79. The molecule has 1 aliphatic heterocycles. The van der Waals surface area contributed by atoms with Gasteiger partial charge in [0, 0.05) is 19.1 Å². The lowest BCUT2D eigenvalue weighted by molar-refractivity contribution is -0.132. The van der Waals surface area contributed by atoms with Gasteiger partial charge < -0.3 is 10.0 Å². The Labute approximate surface area is 97.2 Å². The van der Waals surface area contributed by atoms with Gasteiger partial charge in [0.1, 0.15) is 0 Å². The molecule has 1 N–H and O–H groups in total. The van der Waals surface area contributed by atoms with Crippen molar-refractivity contribution in [1.82, 2.24) is 9.80 Å². The summed E-state index contributed by atoms with van der Waals surface area (Å²) in [5.74, 6) is 0.259. The molecule has 16 heavy (non-hydrogen) atoms. The van der Waals surface area contributed by atoms with E-state index in [0.717, 1.165) is 13.0 Å². The quantitative estimate of drug-likeness (QED) is 0.757. The normalized spacial score (nSPS) is 26.9. The van der Waals surface area contributed by atoms with Crippen molar-refractivity contribution in [2.45, 2.75) is 50.8 Å². The van der Waals surface area contributed by atoms with Crippen LogP contribution in [0.15, 0.2) is 0 Å². The van der Waals surface area contributed by atoms with Crippen molar-refractivity contribution >= 4 is 5.91 Å². The number of nitrogens with zero attached hydrogens (tertiary/aromatic N) is 2. The molecule has 0 aromatic rings.